The molecule has 0 radical (unpaired) electrons. The lowest BCUT2D eigenvalue weighted by Crippen LogP contribution is -2.36. The van der Waals surface area contributed by atoms with E-state index in [4.69, 9.17) is 0 Å². The highest BCUT2D eigenvalue weighted by Crippen LogP contribution is 2.15. The zero-order chi connectivity index (χ0) is 15.3. The average Bonchev–Trinajstić information content (AvgIpc) is 2.77. The summed E-state index contributed by atoms with van der Waals surface area (Å²) in [6, 6.07) is 7.75. The Morgan fingerprint density at radius 3 is 2.35 bits per heavy atom. The number of para-hydroxylation sites is 2. The Balaban J connectivity index is 0.000000956. The van der Waals surface area contributed by atoms with Crippen molar-refractivity contribution in [2.75, 3.05) is 27.8 Å². The fraction of sp³-hybridized carbons (Fsp3) is 0.467. The van der Waals surface area contributed by atoms with E-state index in [2.05, 4.69) is 4.98 Å². The summed E-state index contributed by atoms with van der Waals surface area (Å²) in [4.78, 5) is 20.3. The number of nitrogens with zero attached hydrogens (tertiary/aromatic N) is 4. The minimum atomic E-state index is -0.0672. The maximum absolute atomic E-state index is 12.3. The predicted molar refractivity (Wildman–Crippen MR) is 82.7 cm³/mol. The van der Waals surface area contributed by atoms with Crippen LogP contribution in [-0.2, 0) is 7.05 Å². The molecule has 0 atom stereocenters. The zero-order valence-electron chi connectivity index (χ0n) is 13.2. The summed E-state index contributed by atoms with van der Waals surface area (Å²) in [7, 11) is 7.51. The maximum Gasteiger partial charge on any atom is 0.290 e. The summed E-state index contributed by atoms with van der Waals surface area (Å²) in [6.07, 6.45) is 0. The van der Waals surface area contributed by atoms with Gasteiger partial charge >= 0.3 is 0 Å². The molecule has 5 nitrogen and oxygen atoms in total. The van der Waals surface area contributed by atoms with Gasteiger partial charge in [-0.3, -0.25) is 9.69 Å². The molecule has 110 valence electrons. The molecule has 2 aromatic rings. The summed E-state index contributed by atoms with van der Waals surface area (Å²) in [5.41, 5.74) is 1.82. The first-order valence-corrected chi connectivity index (χ1v) is 6.82. The standard InChI is InChI=1S/C13H18N4O.C2H6/c1-15(2)9-16(3)13(18)12-14-10-7-5-6-8-11(10)17(12)4;1-2/h5-8H,9H2,1-4H3;1-2H3. The Hall–Kier alpha value is -1.88. The Morgan fingerprint density at radius 2 is 1.80 bits per heavy atom. The molecule has 0 saturated heterocycles. The van der Waals surface area contributed by atoms with Gasteiger partial charge in [-0.05, 0) is 26.2 Å². The van der Waals surface area contributed by atoms with Crippen LogP contribution in [0, 0.1) is 0 Å². The first-order valence-electron chi connectivity index (χ1n) is 6.82. The minimum absolute atomic E-state index is 0.0672. The van der Waals surface area contributed by atoms with Crippen LogP contribution in [0.1, 0.15) is 24.5 Å². The number of benzene rings is 1. The Kier molecular flexibility index (Phi) is 5.70. The van der Waals surface area contributed by atoms with Crippen LogP contribution in [0.4, 0.5) is 0 Å². The molecule has 0 saturated carbocycles. The molecule has 1 amide bonds. The van der Waals surface area contributed by atoms with Gasteiger partial charge in [0.1, 0.15) is 0 Å². The first-order chi connectivity index (χ1) is 9.50. The molecule has 1 aromatic heterocycles. The smallest absolute Gasteiger partial charge is 0.290 e. The van der Waals surface area contributed by atoms with Gasteiger partial charge in [-0.15, -0.1) is 0 Å². The van der Waals surface area contributed by atoms with E-state index in [1.165, 1.54) is 0 Å². The summed E-state index contributed by atoms with van der Waals surface area (Å²) in [6.45, 7) is 4.57. The van der Waals surface area contributed by atoms with E-state index >= 15 is 0 Å². The molecule has 5 heteroatoms. The van der Waals surface area contributed by atoms with E-state index in [1.807, 2.05) is 68.7 Å². The lowest BCUT2D eigenvalue weighted by molar-refractivity contribution is 0.0714. The van der Waals surface area contributed by atoms with Crippen LogP contribution in [0.25, 0.3) is 11.0 Å². The lowest BCUT2D eigenvalue weighted by Gasteiger charge is -2.20. The highest BCUT2D eigenvalue weighted by atomic mass is 16.2. The molecule has 0 spiro atoms. The van der Waals surface area contributed by atoms with Crippen LogP contribution < -0.4 is 0 Å². The molecule has 1 heterocycles. The number of hydrogen-bond acceptors (Lipinski definition) is 3. The first kappa shape index (κ1) is 16.2. The minimum Gasteiger partial charge on any atom is -0.326 e. The van der Waals surface area contributed by atoms with Crippen LogP contribution in [0.5, 0.6) is 0 Å². The number of aromatic nitrogens is 2. The monoisotopic (exact) mass is 276 g/mol. The van der Waals surface area contributed by atoms with Gasteiger partial charge < -0.3 is 9.47 Å². The van der Waals surface area contributed by atoms with E-state index in [0.717, 1.165) is 11.0 Å². The van der Waals surface area contributed by atoms with Gasteiger partial charge in [0.2, 0.25) is 0 Å². The zero-order valence-corrected chi connectivity index (χ0v) is 13.2. The number of fused-ring (bicyclic) bond motifs is 1. The maximum atomic E-state index is 12.3. The molecule has 20 heavy (non-hydrogen) atoms. The summed E-state index contributed by atoms with van der Waals surface area (Å²) >= 11 is 0. The Bertz CT molecular complexity index is 574. The van der Waals surface area contributed by atoms with Gasteiger partial charge in [0.25, 0.3) is 5.91 Å². The van der Waals surface area contributed by atoms with E-state index < -0.39 is 0 Å². The van der Waals surface area contributed by atoms with Crippen molar-refractivity contribution in [3.8, 4) is 0 Å². The molecule has 0 aliphatic rings. The van der Waals surface area contributed by atoms with Crippen LogP contribution in [0.15, 0.2) is 24.3 Å². The van der Waals surface area contributed by atoms with Crippen molar-refractivity contribution in [1.29, 1.82) is 0 Å². The molecule has 0 aliphatic heterocycles. The Morgan fingerprint density at radius 1 is 1.20 bits per heavy atom. The summed E-state index contributed by atoms with van der Waals surface area (Å²) < 4.78 is 1.84. The topological polar surface area (TPSA) is 41.4 Å². The number of carbonyl (C=O) groups excluding carboxylic acids is 1. The number of amides is 1. The quantitative estimate of drug-likeness (QED) is 0.807. The highest BCUT2D eigenvalue weighted by molar-refractivity contribution is 5.94. The molecule has 0 N–H and O–H groups in total. The Labute approximate surface area is 120 Å². The van der Waals surface area contributed by atoms with E-state index in [9.17, 15) is 4.79 Å². The van der Waals surface area contributed by atoms with Gasteiger partial charge in [-0.2, -0.15) is 0 Å². The van der Waals surface area contributed by atoms with Gasteiger partial charge in [0.05, 0.1) is 17.7 Å². The van der Waals surface area contributed by atoms with Gasteiger partial charge in [0.15, 0.2) is 5.82 Å². The third-order valence-electron chi connectivity index (χ3n) is 2.82. The second-order valence-electron chi connectivity index (χ2n) is 4.71. The number of hydrogen-bond donors (Lipinski definition) is 0. The average molecular weight is 276 g/mol. The van der Waals surface area contributed by atoms with Crippen molar-refractivity contribution >= 4 is 16.9 Å². The van der Waals surface area contributed by atoms with Crippen molar-refractivity contribution in [3.05, 3.63) is 30.1 Å². The van der Waals surface area contributed by atoms with Crippen LogP contribution in [0.2, 0.25) is 0 Å². The second-order valence-corrected chi connectivity index (χ2v) is 4.71. The van der Waals surface area contributed by atoms with Gasteiger partial charge in [0, 0.05) is 14.1 Å². The normalized spacial score (nSPS) is 10.3. The molecular formula is C15H24N4O. The molecule has 0 aliphatic carbocycles. The lowest BCUT2D eigenvalue weighted by atomic mass is 10.3. The molecule has 0 fully saturated rings. The largest absolute Gasteiger partial charge is 0.326 e. The molecular weight excluding hydrogens is 252 g/mol. The van der Waals surface area contributed by atoms with Crippen LogP contribution >= 0.6 is 0 Å². The molecule has 1 aromatic carbocycles. The van der Waals surface area contributed by atoms with Crippen molar-refractivity contribution in [3.63, 3.8) is 0 Å². The molecule has 2 rings (SSSR count). The van der Waals surface area contributed by atoms with Crippen molar-refractivity contribution in [2.45, 2.75) is 13.8 Å². The second kappa shape index (κ2) is 7.05. The van der Waals surface area contributed by atoms with Crippen molar-refractivity contribution in [2.24, 2.45) is 7.05 Å². The molecule has 0 unspecified atom stereocenters. The number of rotatable bonds is 3. The fourth-order valence-electron chi connectivity index (χ4n) is 2.00. The molecule has 0 bridgehead atoms. The number of aryl methyl sites for hydroxylation is 1. The highest BCUT2D eigenvalue weighted by Gasteiger charge is 2.19. The van der Waals surface area contributed by atoms with Crippen molar-refractivity contribution < 1.29 is 4.79 Å². The number of imidazole rings is 1. The van der Waals surface area contributed by atoms with E-state index in [-0.39, 0.29) is 5.91 Å². The van der Waals surface area contributed by atoms with Gasteiger partial charge in [-0.1, -0.05) is 26.0 Å². The van der Waals surface area contributed by atoms with Crippen LogP contribution in [0.3, 0.4) is 0 Å². The van der Waals surface area contributed by atoms with Crippen molar-refractivity contribution in [1.82, 2.24) is 19.4 Å². The third-order valence-corrected chi connectivity index (χ3v) is 2.82. The summed E-state index contributed by atoms with van der Waals surface area (Å²) in [5, 5.41) is 0. The van der Waals surface area contributed by atoms with E-state index in [0.29, 0.717) is 12.5 Å². The fourth-order valence-corrected chi connectivity index (χ4v) is 2.00. The van der Waals surface area contributed by atoms with Gasteiger partial charge in [-0.25, -0.2) is 4.98 Å². The third kappa shape index (κ3) is 3.36. The predicted octanol–water partition coefficient (Wildman–Crippen LogP) is 2.19. The number of carbonyl (C=O) groups is 1. The SMILES string of the molecule is CC.CN(C)CN(C)C(=O)c1nc2ccccc2n1C. The van der Waals surface area contributed by atoms with Crippen LogP contribution in [-0.4, -0.2) is 53.1 Å². The van der Waals surface area contributed by atoms with E-state index in [1.54, 1.807) is 11.9 Å². The summed E-state index contributed by atoms with van der Waals surface area (Å²) in [5.74, 6) is 0.406.